The largest absolute Gasteiger partial charge is 0.396 e. The van der Waals surface area contributed by atoms with Gasteiger partial charge in [0, 0.05) is 26.2 Å². The van der Waals surface area contributed by atoms with Crippen molar-refractivity contribution in [3.63, 3.8) is 0 Å². The molecular weight excluding hydrogens is 188 g/mol. The van der Waals surface area contributed by atoms with Gasteiger partial charge in [0.15, 0.2) is 0 Å². The molecule has 0 aromatic heterocycles. The molecule has 0 aromatic carbocycles. The second kappa shape index (κ2) is 6.46. The van der Waals surface area contributed by atoms with Crippen molar-refractivity contribution in [1.29, 1.82) is 0 Å². The Morgan fingerprint density at radius 3 is 2.20 bits per heavy atom. The summed E-state index contributed by atoms with van der Waals surface area (Å²) in [6.45, 7) is 10.4. The van der Waals surface area contributed by atoms with E-state index in [-0.39, 0.29) is 0 Å². The summed E-state index contributed by atoms with van der Waals surface area (Å²) in [5.41, 5.74) is 0.662. The fraction of sp³-hybridized carbons (Fsp3) is 1.00. The van der Waals surface area contributed by atoms with Crippen molar-refractivity contribution >= 4 is 0 Å². The fourth-order valence-electron chi connectivity index (χ4n) is 2.38. The van der Waals surface area contributed by atoms with Crippen LogP contribution < -0.4 is 5.32 Å². The van der Waals surface area contributed by atoms with Gasteiger partial charge in [0.25, 0.3) is 0 Å². The van der Waals surface area contributed by atoms with Gasteiger partial charge in [-0.05, 0) is 37.8 Å². The van der Waals surface area contributed by atoms with E-state index in [0.717, 1.165) is 13.0 Å². The molecule has 15 heavy (non-hydrogen) atoms. The lowest BCUT2D eigenvalue weighted by molar-refractivity contribution is 0.0528. The molecule has 90 valence electrons. The highest BCUT2D eigenvalue weighted by molar-refractivity contribution is 4.95. The first-order valence-electron chi connectivity index (χ1n) is 6.39. The maximum Gasteiger partial charge on any atom is 0.0443 e. The first-order valence-corrected chi connectivity index (χ1v) is 6.39. The smallest absolute Gasteiger partial charge is 0.0443 e. The summed E-state index contributed by atoms with van der Waals surface area (Å²) in [6, 6.07) is 0. The van der Waals surface area contributed by atoms with E-state index in [1.165, 1.54) is 39.0 Å². The fourth-order valence-corrected chi connectivity index (χ4v) is 2.38. The van der Waals surface area contributed by atoms with Gasteiger partial charge in [0.1, 0.15) is 0 Å². The average Bonchev–Trinajstić information content (AvgIpc) is 2.28. The third-order valence-corrected chi connectivity index (χ3v) is 3.55. The topological polar surface area (TPSA) is 35.5 Å². The molecule has 0 radical (unpaired) electrons. The summed E-state index contributed by atoms with van der Waals surface area (Å²) >= 11 is 0. The highest BCUT2D eigenvalue weighted by Crippen LogP contribution is 2.34. The Morgan fingerprint density at radius 1 is 1.20 bits per heavy atom. The van der Waals surface area contributed by atoms with Crippen molar-refractivity contribution in [1.82, 2.24) is 10.2 Å². The molecule has 2 N–H and O–H groups in total. The molecule has 2 heterocycles. The number of hydrogen-bond donors (Lipinski definition) is 2. The van der Waals surface area contributed by atoms with Crippen molar-refractivity contribution in [3.8, 4) is 0 Å². The summed E-state index contributed by atoms with van der Waals surface area (Å²) in [7, 11) is 0. The molecule has 0 unspecified atom stereocenters. The van der Waals surface area contributed by atoms with Gasteiger partial charge in [-0.15, -0.1) is 0 Å². The summed E-state index contributed by atoms with van der Waals surface area (Å²) < 4.78 is 0. The molecule has 3 heteroatoms. The maximum absolute atomic E-state index is 8.72. The number of hydrogen-bond acceptors (Lipinski definition) is 3. The Balaban J connectivity index is 0.000000531. The van der Waals surface area contributed by atoms with E-state index in [0.29, 0.717) is 12.0 Å². The lowest BCUT2D eigenvalue weighted by Crippen LogP contribution is -2.58. The minimum Gasteiger partial charge on any atom is -0.396 e. The summed E-state index contributed by atoms with van der Waals surface area (Å²) in [6.07, 6.45) is 3.64. The molecular formula is C12H26N2O. The number of aliphatic hydroxyl groups excluding tert-OH is 1. The Kier molecular flexibility index (Phi) is 5.58. The third-order valence-electron chi connectivity index (χ3n) is 3.55. The van der Waals surface area contributed by atoms with Gasteiger partial charge in [0.05, 0.1) is 0 Å². The van der Waals surface area contributed by atoms with Crippen LogP contribution in [0.2, 0.25) is 0 Å². The molecule has 0 amide bonds. The molecule has 2 fully saturated rings. The van der Waals surface area contributed by atoms with Crippen LogP contribution in [0.15, 0.2) is 0 Å². The van der Waals surface area contributed by atoms with Crippen LogP contribution in [0, 0.1) is 5.41 Å². The highest BCUT2D eigenvalue weighted by atomic mass is 16.3. The van der Waals surface area contributed by atoms with Crippen molar-refractivity contribution in [3.05, 3.63) is 0 Å². The monoisotopic (exact) mass is 214 g/mol. The highest BCUT2D eigenvalue weighted by Gasteiger charge is 2.39. The van der Waals surface area contributed by atoms with E-state index in [9.17, 15) is 0 Å². The van der Waals surface area contributed by atoms with E-state index < -0.39 is 0 Å². The SMILES string of the molecule is CC.OCCCN1CCC2(CC1)CNC2. The van der Waals surface area contributed by atoms with Gasteiger partial charge < -0.3 is 15.3 Å². The first-order chi connectivity index (χ1) is 7.35. The first kappa shape index (κ1) is 12.9. The van der Waals surface area contributed by atoms with Gasteiger partial charge in [-0.1, -0.05) is 13.8 Å². The molecule has 2 rings (SSSR count). The second-order valence-corrected chi connectivity index (χ2v) is 4.52. The zero-order valence-corrected chi connectivity index (χ0v) is 10.3. The summed E-state index contributed by atoms with van der Waals surface area (Å²) in [5.74, 6) is 0. The van der Waals surface area contributed by atoms with E-state index in [1.54, 1.807) is 0 Å². The quantitative estimate of drug-likeness (QED) is 0.738. The molecule has 1 spiro atoms. The number of aliphatic hydroxyl groups is 1. The van der Waals surface area contributed by atoms with Gasteiger partial charge in [-0.3, -0.25) is 0 Å². The maximum atomic E-state index is 8.72. The minimum absolute atomic E-state index is 0.337. The molecule has 0 saturated carbocycles. The second-order valence-electron chi connectivity index (χ2n) is 4.52. The van der Waals surface area contributed by atoms with Crippen LogP contribution in [0.5, 0.6) is 0 Å². The summed E-state index contributed by atoms with van der Waals surface area (Å²) in [4.78, 5) is 2.49. The standard InChI is InChI=1S/C10H20N2O.C2H6/c13-7-1-4-12-5-2-10(3-6-12)8-11-9-10;1-2/h11,13H,1-9H2;1-2H3. The third kappa shape index (κ3) is 3.44. The van der Waals surface area contributed by atoms with E-state index in [1.807, 2.05) is 13.8 Å². The molecule has 0 atom stereocenters. The normalized spacial score (nSPS) is 24.2. The summed E-state index contributed by atoms with van der Waals surface area (Å²) in [5, 5.41) is 12.1. The van der Waals surface area contributed by atoms with E-state index in [4.69, 9.17) is 5.11 Å². The molecule has 0 bridgehead atoms. The van der Waals surface area contributed by atoms with Crippen LogP contribution in [0.25, 0.3) is 0 Å². The van der Waals surface area contributed by atoms with Crippen LogP contribution in [-0.4, -0.2) is 49.3 Å². The number of piperidine rings is 1. The van der Waals surface area contributed by atoms with Crippen LogP contribution in [0.4, 0.5) is 0 Å². The molecule has 2 aliphatic heterocycles. The number of nitrogens with one attached hydrogen (secondary N) is 1. The molecule has 0 aromatic rings. The number of nitrogens with zero attached hydrogens (tertiary/aromatic N) is 1. The van der Waals surface area contributed by atoms with E-state index in [2.05, 4.69) is 10.2 Å². The Morgan fingerprint density at radius 2 is 1.80 bits per heavy atom. The van der Waals surface area contributed by atoms with Gasteiger partial charge >= 0.3 is 0 Å². The Hall–Kier alpha value is -0.120. The van der Waals surface area contributed by atoms with Crippen molar-refractivity contribution in [2.24, 2.45) is 5.41 Å². The van der Waals surface area contributed by atoms with Crippen molar-refractivity contribution in [2.75, 3.05) is 39.3 Å². The number of likely N-dealkylation sites (tertiary alicyclic amines) is 1. The van der Waals surface area contributed by atoms with Gasteiger partial charge in [-0.25, -0.2) is 0 Å². The van der Waals surface area contributed by atoms with Gasteiger partial charge in [0.2, 0.25) is 0 Å². The van der Waals surface area contributed by atoms with E-state index >= 15 is 0 Å². The lowest BCUT2D eigenvalue weighted by Gasteiger charge is -2.48. The van der Waals surface area contributed by atoms with Gasteiger partial charge in [-0.2, -0.15) is 0 Å². The Bertz CT molecular complexity index is 159. The predicted molar refractivity (Wildman–Crippen MR) is 64.0 cm³/mol. The van der Waals surface area contributed by atoms with Crippen LogP contribution >= 0.6 is 0 Å². The zero-order valence-electron chi connectivity index (χ0n) is 10.3. The number of rotatable bonds is 3. The molecule has 2 saturated heterocycles. The van der Waals surface area contributed by atoms with Crippen LogP contribution in [-0.2, 0) is 0 Å². The molecule has 2 aliphatic rings. The van der Waals surface area contributed by atoms with Crippen LogP contribution in [0.1, 0.15) is 33.1 Å². The minimum atomic E-state index is 0.337. The van der Waals surface area contributed by atoms with Crippen LogP contribution in [0.3, 0.4) is 0 Å². The Labute approximate surface area is 93.9 Å². The predicted octanol–water partition coefficient (Wildman–Crippen LogP) is 1.08. The molecule has 0 aliphatic carbocycles. The zero-order chi connectivity index (χ0) is 11.1. The lowest BCUT2D eigenvalue weighted by atomic mass is 9.73. The van der Waals surface area contributed by atoms with Crippen molar-refractivity contribution < 1.29 is 5.11 Å². The van der Waals surface area contributed by atoms with Crippen molar-refractivity contribution in [2.45, 2.75) is 33.1 Å². The average molecular weight is 214 g/mol. The molecule has 3 nitrogen and oxygen atoms in total.